The van der Waals surface area contributed by atoms with Crippen LogP contribution in [0.5, 0.6) is 0 Å². The van der Waals surface area contributed by atoms with Gasteiger partial charge in [0.2, 0.25) is 0 Å². The van der Waals surface area contributed by atoms with Gasteiger partial charge in [-0.05, 0) is 90.3 Å². The molecule has 0 spiro atoms. The molecular weight excluding hydrogens is 881 g/mol. The fourth-order valence-electron chi connectivity index (χ4n) is 10.2. The summed E-state index contributed by atoms with van der Waals surface area (Å²) in [4.78, 5) is 40.7. The second-order valence-corrected chi connectivity index (χ2v) is 17.9. The van der Waals surface area contributed by atoms with Gasteiger partial charge >= 0.3 is 0 Å². The van der Waals surface area contributed by atoms with Crippen LogP contribution in [0.25, 0.3) is 145 Å². The molecule has 0 saturated carbocycles. The molecule has 0 aliphatic rings. The molecule has 0 aliphatic heterocycles. The lowest BCUT2D eigenvalue weighted by molar-refractivity contribution is 1.08. The molecule has 0 fully saturated rings. The van der Waals surface area contributed by atoms with Crippen LogP contribution in [0.1, 0.15) is 0 Å². The highest BCUT2D eigenvalue weighted by atomic mass is 15.0. The Bertz CT molecular complexity index is 4160. The van der Waals surface area contributed by atoms with Crippen LogP contribution in [0.2, 0.25) is 0 Å². The molecule has 0 atom stereocenters. The molecule has 0 unspecified atom stereocenters. The molecule has 0 aliphatic carbocycles. The fourth-order valence-corrected chi connectivity index (χ4v) is 10.2. The lowest BCUT2D eigenvalue weighted by Gasteiger charge is -2.17. The number of rotatable bonds is 8. The fraction of sp³-hybridized carbons (Fsp3) is 0. The Hall–Kier alpha value is -9.92. The summed E-state index contributed by atoms with van der Waals surface area (Å²) < 4.78 is 0. The summed E-state index contributed by atoms with van der Waals surface area (Å²) in [5.41, 5.74) is 9.28. The first-order valence-electron chi connectivity index (χ1n) is 23.9. The number of pyridine rings is 2. The molecule has 10 aromatic carbocycles. The van der Waals surface area contributed by atoms with Gasteiger partial charge in [-0.1, -0.05) is 182 Å². The third-order valence-electron chi connectivity index (χ3n) is 13.7. The predicted molar refractivity (Wildman–Crippen MR) is 291 cm³/mol. The summed E-state index contributed by atoms with van der Waals surface area (Å²) in [5, 5.41) is 10.9. The first-order chi connectivity index (χ1) is 35.7. The molecule has 0 saturated heterocycles. The molecule has 4 heterocycles. The maximum Gasteiger partial charge on any atom is 0.164 e. The van der Waals surface area contributed by atoms with E-state index in [4.69, 9.17) is 29.9 Å². The van der Waals surface area contributed by atoms with Crippen molar-refractivity contribution in [2.24, 2.45) is 0 Å². The van der Waals surface area contributed by atoms with E-state index < -0.39 is 0 Å². The van der Waals surface area contributed by atoms with Crippen molar-refractivity contribution in [3.8, 4) is 90.8 Å². The van der Waals surface area contributed by atoms with Crippen LogP contribution in [0.3, 0.4) is 0 Å². The summed E-state index contributed by atoms with van der Waals surface area (Å²) in [6.45, 7) is 0. The van der Waals surface area contributed by atoms with Crippen LogP contribution >= 0.6 is 0 Å². The average Bonchev–Trinajstić information content (AvgIpc) is 3.46. The maximum absolute atomic E-state index is 5.34. The number of hydrogen-bond donors (Lipinski definition) is 0. The van der Waals surface area contributed by atoms with Gasteiger partial charge in [0.15, 0.2) is 34.9 Å². The lowest BCUT2D eigenvalue weighted by Crippen LogP contribution is -2.02. The predicted octanol–water partition coefficient (Wildman–Crippen LogP) is 15.4. The van der Waals surface area contributed by atoms with Crippen molar-refractivity contribution in [3.05, 3.63) is 231 Å². The molecule has 0 radical (unpaired) electrons. The van der Waals surface area contributed by atoms with Gasteiger partial charge in [0.05, 0.1) is 11.4 Å². The molecule has 0 amide bonds. The first-order valence-corrected chi connectivity index (χ1v) is 23.9. The largest absolute Gasteiger partial charge is 0.256 e. The minimum atomic E-state index is 0.572. The number of fused-ring (bicyclic) bond motifs is 2. The van der Waals surface area contributed by atoms with Gasteiger partial charge in [0.1, 0.15) is 0 Å². The third-order valence-corrected chi connectivity index (χ3v) is 13.7. The highest BCUT2D eigenvalue weighted by Gasteiger charge is 2.22. The lowest BCUT2D eigenvalue weighted by atomic mass is 9.89. The van der Waals surface area contributed by atoms with E-state index in [1.54, 1.807) is 0 Å². The van der Waals surface area contributed by atoms with E-state index in [2.05, 4.69) is 192 Å². The summed E-state index contributed by atoms with van der Waals surface area (Å²) in [6, 6.07) is 75.2. The van der Waals surface area contributed by atoms with Crippen molar-refractivity contribution in [1.82, 2.24) is 39.9 Å². The van der Waals surface area contributed by atoms with Crippen molar-refractivity contribution < 1.29 is 0 Å². The van der Waals surface area contributed by atoms with E-state index >= 15 is 0 Å². The van der Waals surface area contributed by atoms with Crippen molar-refractivity contribution in [2.75, 3.05) is 0 Å². The average molecular weight is 919 g/mol. The van der Waals surface area contributed by atoms with E-state index in [-0.39, 0.29) is 0 Å². The quantitative estimate of drug-likeness (QED) is 0.139. The number of hydrogen-bond acceptors (Lipinski definition) is 8. The van der Waals surface area contributed by atoms with Crippen LogP contribution < -0.4 is 0 Å². The number of nitrogens with zero attached hydrogens (tertiary/aromatic N) is 8. The molecule has 14 rings (SSSR count). The van der Waals surface area contributed by atoms with Crippen LogP contribution in [0.15, 0.2) is 231 Å². The normalized spacial score (nSPS) is 11.6. The molecule has 0 bridgehead atoms. The van der Waals surface area contributed by atoms with Gasteiger partial charge in [-0.25, -0.2) is 29.9 Å². The van der Waals surface area contributed by atoms with Gasteiger partial charge in [-0.15, -0.1) is 0 Å². The van der Waals surface area contributed by atoms with E-state index in [0.717, 1.165) is 110 Å². The first kappa shape index (κ1) is 41.1. The Morgan fingerprint density at radius 1 is 0.208 bits per heavy atom. The summed E-state index contributed by atoms with van der Waals surface area (Å²) in [7, 11) is 0. The Kier molecular flexibility index (Phi) is 9.67. The minimum Gasteiger partial charge on any atom is -0.256 e. The van der Waals surface area contributed by atoms with Gasteiger partial charge in [0.25, 0.3) is 0 Å². The third kappa shape index (κ3) is 7.08. The number of aromatic nitrogens is 8. The maximum atomic E-state index is 5.34. The topological polar surface area (TPSA) is 103 Å². The molecule has 8 nitrogen and oxygen atoms in total. The van der Waals surface area contributed by atoms with Crippen molar-refractivity contribution >= 4 is 53.9 Å². The Morgan fingerprint density at radius 2 is 0.556 bits per heavy atom. The highest BCUT2D eigenvalue weighted by molar-refractivity contribution is 6.27. The van der Waals surface area contributed by atoms with Crippen LogP contribution in [-0.4, -0.2) is 39.9 Å². The van der Waals surface area contributed by atoms with E-state index in [0.29, 0.717) is 34.9 Å². The monoisotopic (exact) mass is 918 g/mol. The molecule has 8 heteroatoms. The molecule has 334 valence electrons. The zero-order valence-corrected chi connectivity index (χ0v) is 38.5. The van der Waals surface area contributed by atoms with E-state index in [1.807, 2.05) is 48.8 Å². The Morgan fingerprint density at radius 3 is 0.986 bits per heavy atom. The Labute approximate surface area is 413 Å². The van der Waals surface area contributed by atoms with Crippen molar-refractivity contribution in [3.63, 3.8) is 0 Å². The molecule has 0 N–H and O–H groups in total. The molecule has 14 aromatic rings. The van der Waals surface area contributed by atoms with E-state index in [9.17, 15) is 0 Å². The SMILES string of the molecule is c1ccc(-c2ccc(-c3nc(-c4ccc(-c5ccccn5)cc4)nc(-c4ccc5ccc6c(-c7nc(-c8cccc9ccccc89)nc(-c8cccc9ccccc89)n7)ccc7ccc4c5c76)n3)cc2)nc1. The summed E-state index contributed by atoms with van der Waals surface area (Å²) in [5.74, 6) is 3.56. The molecule has 4 aromatic heterocycles. The Balaban J connectivity index is 0.953. The van der Waals surface area contributed by atoms with Crippen LogP contribution in [0.4, 0.5) is 0 Å². The smallest absolute Gasteiger partial charge is 0.164 e. The molecule has 72 heavy (non-hydrogen) atoms. The highest BCUT2D eigenvalue weighted by Crippen LogP contribution is 2.43. The van der Waals surface area contributed by atoms with Crippen LogP contribution in [-0.2, 0) is 0 Å². The zero-order valence-electron chi connectivity index (χ0n) is 38.5. The number of benzene rings is 10. The second-order valence-electron chi connectivity index (χ2n) is 17.9. The van der Waals surface area contributed by atoms with Crippen molar-refractivity contribution in [1.29, 1.82) is 0 Å². The zero-order chi connectivity index (χ0) is 47.5. The summed E-state index contributed by atoms with van der Waals surface area (Å²) >= 11 is 0. The van der Waals surface area contributed by atoms with E-state index in [1.165, 1.54) is 0 Å². The van der Waals surface area contributed by atoms with Crippen LogP contribution in [0, 0.1) is 0 Å². The summed E-state index contributed by atoms with van der Waals surface area (Å²) in [6.07, 6.45) is 3.62. The van der Waals surface area contributed by atoms with Crippen molar-refractivity contribution in [2.45, 2.75) is 0 Å². The minimum absolute atomic E-state index is 0.572. The van der Waals surface area contributed by atoms with Gasteiger partial charge in [-0.3, -0.25) is 9.97 Å². The second kappa shape index (κ2) is 16.9. The standard InChI is InChI=1S/C64H38N8/c1-3-15-47-39(11-1)13-9-17-51(47)61-70-62(52-18-10-14-40-12-2-4-16-48(40)52)72-64(71-61)54-36-32-44-29-33-49-53(35-31-43-30-34-50(54)58(44)57(43)49)63-68-59(45-25-21-41(22-26-45)55-19-5-7-37-65-55)67-60(69-63)46-27-23-42(24-28-46)56-20-6-8-38-66-56/h1-38H. The van der Waals surface area contributed by atoms with Gasteiger partial charge < -0.3 is 0 Å². The van der Waals surface area contributed by atoms with Gasteiger partial charge in [-0.2, -0.15) is 0 Å². The molecular formula is C64H38N8. The van der Waals surface area contributed by atoms with Gasteiger partial charge in [0, 0.05) is 56.9 Å².